The molecule has 1 N–H and O–H groups in total. The quantitative estimate of drug-likeness (QED) is 0.672. The van der Waals surface area contributed by atoms with Gasteiger partial charge in [0.2, 0.25) is 11.8 Å². The minimum atomic E-state index is -0.319. The van der Waals surface area contributed by atoms with Crippen LogP contribution in [0, 0.1) is 6.92 Å². The lowest BCUT2D eigenvalue weighted by atomic mass is 10.2. The van der Waals surface area contributed by atoms with Gasteiger partial charge >= 0.3 is 0 Å². The number of thiazole rings is 1. The van der Waals surface area contributed by atoms with E-state index in [1.165, 1.54) is 6.08 Å². The van der Waals surface area contributed by atoms with Crippen molar-refractivity contribution in [2.45, 2.75) is 27.4 Å². The molecule has 0 aliphatic rings. The van der Waals surface area contributed by atoms with Crippen LogP contribution in [0.4, 0.5) is 0 Å². The Hall–Kier alpha value is -2.67. The molecule has 6 nitrogen and oxygen atoms in total. The van der Waals surface area contributed by atoms with E-state index in [0.29, 0.717) is 25.4 Å². The smallest absolute Gasteiger partial charge is 0.244 e. The molecule has 1 aromatic carbocycles. The molecule has 1 aromatic heterocycles. The average Bonchev–Trinajstić information content (AvgIpc) is 3.10. The third-order valence-electron chi connectivity index (χ3n) is 3.91. The zero-order valence-corrected chi connectivity index (χ0v) is 16.7. The van der Waals surface area contributed by atoms with E-state index in [0.717, 1.165) is 16.3 Å². The fourth-order valence-electron chi connectivity index (χ4n) is 2.45. The summed E-state index contributed by atoms with van der Waals surface area (Å²) < 4.78 is 5.83. The lowest BCUT2D eigenvalue weighted by Gasteiger charge is -2.18. The minimum Gasteiger partial charge on any atom is -0.487 e. The normalized spacial score (nSPS) is 10.8. The van der Waals surface area contributed by atoms with Gasteiger partial charge < -0.3 is 15.0 Å². The van der Waals surface area contributed by atoms with E-state index in [2.05, 4.69) is 10.3 Å². The summed E-state index contributed by atoms with van der Waals surface area (Å²) in [6.07, 6.45) is 3.09. The number of amides is 2. The molecule has 0 fully saturated rings. The Morgan fingerprint density at radius 3 is 2.67 bits per heavy atom. The van der Waals surface area contributed by atoms with Crippen LogP contribution in [0.3, 0.4) is 0 Å². The molecule has 144 valence electrons. The monoisotopic (exact) mass is 387 g/mol. The highest BCUT2D eigenvalue weighted by Crippen LogP contribution is 2.21. The highest BCUT2D eigenvalue weighted by Gasteiger charge is 2.10. The largest absolute Gasteiger partial charge is 0.487 e. The lowest BCUT2D eigenvalue weighted by molar-refractivity contribution is -0.131. The predicted octanol–water partition coefficient (Wildman–Crippen LogP) is 3.03. The summed E-state index contributed by atoms with van der Waals surface area (Å²) in [6.45, 7) is 7.40. The number of nitrogens with zero attached hydrogens (tertiary/aromatic N) is 2. The van der Waals surface area contributed by atoms with Crippen LogP contribution in [0.5, 0.6) is 5.75 Å². The van der Waals surface area contributed by atoms with Crippen LogP contribution >= 0.6 is 11.3 Å². The standard InChI is InChI=1S/C20H25N3O3S/c1-4-23(5-2)20(25)12-21-19(24)11-10-16-8-6-7-9-18(16)26-13-17-14-27-15(3)22-17/h6-11,14H,4-5,12-13H2,1-3H3,(H,21,24)/b11-10+. The van der Waals surface area contributed by atoms with Crippen molar-refractivity contribution in [1.29, 1.82) is 0 Å². The van der Waals surface area contributed by atoms with Crippen LogP contribution in [0.15, 0.2) is 35.7 Å². The molecule has 0 spiro atoms. The Balaban J connectivity index is 1.92. The fraction of sp³-hybridized carbons (Fsp3) is 0.350. The van der Waals surface area contributed by atoms with E-state index < -0.39 is 0 Å². The van der Waals surface area contributed by atoms with E-state index >= 15 is 0 Å². The summed E-state index contributed by atoms with van der Waals surface area (Å²) in [5, 5.41) is 5.58. The second-order valence-electron chi connectivity index (χ2n) is 5.80. The number of carbonyl (C=O) groups is 2. The molecule has 0 atom stereocenters. The molecule has 27 heavy (non-hydrogen) atoms. The Morgan fingerprint density at radius 1 is 1.26 bits per heavy atom. The summed E-state index contributed by atoms with van der Waals surface area (Å²) in [5.74, 6) is 0.260. The first-order valence-electron chi connectivity index (χ1n) is 8.90. The minimum absolute atomic E-state index is 0.00776. The number of para-hydroxylation sites is 1. The molecule has 0 saturated heterocycles. The third-order valence-corrected chi connectivity index (χ3v) is 4.73. The van der Waals surface area contributed by atoms with Gasteiger partial charge in [0, 0.05) is 30.1 Å². The first-order valence-corrected chi connectivity index (χ1v) is 9.78. The Morgan fingerprint density at radius 2 is 2.00 bits per heavy atom. The molecular weight excluding hydrogens is 362 g/mol. The van der Waals surface area contributed by atoms with Crippen LogP contribution in [-0.4, -0.2) is 41.3 Å². The number of hydrogen-bond donors (Lipinski definition) is 1. The topological polar surface area (TPSA) is 71.5 Å². The Bertz CT molecular complexity index is 797. The summed E-state index contributed by atoms with van der Waals surface area (Å²) in [4.78, 5) is 30.0. The first-order chi connectivity index (χ1) is 13.0. The van der Waals surface area contributed by atoms with E-state index in [1.54, 1.807) is 22.3 Å². The Kier molecular flexibility index (Phi) is 8.00. The van der Waals surface area contributed by atoms with E-state index in [1.807, 2.05) is 50.4 Å². The van der Waals surface area contributed by atoms with Crippen LogP contribution < -0.4 is 10.1 Å². The maximum absolute atomic E-state index is 12.0. The van der Waals surface area contributed by atoms with Crippen LogP contribution in [0.2, 0.25) is 0 Å². The maximum atomic E-state index is 12.0. The van der Waals surface area contributed by atoms with Gasteiger partial charge in [-0.25, -0.2) is 4.98 Å². The van der Waals surface area contributed by atoms with E-state index in [4.69, 9.17) is 4.74 Å². The zero-order chi connectivity index (χ0) is 19.6. The van der Waals surface area contributed by atoms with Crippen molar-refractivity contribution in [2.24, 2.45) is 0 Å². The highest BCUT2D eigenvalue weighted by atomic mass is 32.1. The fourth-order valence-corrected chi connectivity index (χ4v) is 3.05. The predicted molar refractivity (Wildman–Crippen MR) is 108 cm³/mol. The lowest BCUT2D eigenvalue weighted by Crippen LogP contribution is -2.39. The average molecular weight is 388 g/mol. The second kappa shape index (κ2) is 10.5. The zero-order valence-electron chi connectivity index (χ0n) is 15.9. The summed E-state index contributed by atoms with van der Waals surface area (Å²) in [7, 11) is 0. The molecule has 2 amide bonds. The van der Waals surface area contributed by atoms with Gasteiger partial charge in [-0.05, 0) is 32.9 Å². The van der Waals surface area contributed by atoms with Gasteiger partial charge in [0.15, 0.2) is 0 Å². The van der Waals surface area contributed by atoms with Gasteiger partial charge in [-0.15, -0.1) is 11.3 Å². The first kappa shape index (κ1) is 20.6. The number of ether oxygens (including phenoxy) is 1. The van der Waals surface area contributed by atoms with Crippen molar-refractivity contribution in [3.05, 3.63) is 52.0 Å². The summed E-state index contributed by atoms with van der Waals surface area (Å²) in [5.41, 5.74) is 1.67. The van der Waals surface area contributed by atoms with Crippen LogP contribution in [-0.2, 0) is 16.2 Å². The van der Waals surface area contributed by atoms with Crippen molar-refractivity contribution in [3.63, 3.8) is 0 Å². The molecule has 0 aliphatic carbocycles. The van der Waals surface area contributed by atoms with Crippen LogP contribution in [0.25, 0.3) is 6.08 Å². The number of carbonyl (C=O) groups excluding carboxylic acids is 2. The van der Waals surface area contributed by atoms with Crippen molar-refractivity contribution in [1.82, 2.24) is 15.2 Å². The number of likely N-dealkylation sites (N-methyl/N-ethyl adjacent to an activating group) is 1. The molecule has 2 aromatic rings. The van der Waals surface area contributed by atoms with E-state index in [-0.39, 0.29) is 18.4 Å². The number of aryl methyl sites for hydroxylation is 1. The summed E-state index contributed by atoms with van der Waals surface area (Å²) in [6, 6.07) is 7.47. The van der Waals surface area contributed by atoms with Gasteiger partial charge in [0.25, 0.3) is 0 Å². The molecule has 1 heterocycles. The second-order valence-corrected chi connectivity index (χ2v) is 6.86. The maximum Gasteiger partial charge on any atom is 0.244 e. The molecule has 0 radical (unpaired) electrons. The van der Waals surface area contributed by atoms with Gasteiger partial charge in [-0.1, -0.05) is 18.2 Å². The van der Waals surface area contributed by atoms with E-state index in [9.17, 15) is 9.59 Å². The molecule has 0 saturated carbocycles. The van der Waals surface area contributed by atoms with Gasteiger partial charge in [0.1, 0.15) is 12.4 Å². The summed E-state index contributed by atoms with van der Waals surface area (Å²) >= 11 is 1.58. The van der Waals surface area contributed by atoms with Gasteiger partial charge in [-0.3, -0.25) is 9.59 Å². The van der Waals surface area contributed by atoms with Gasteiger partial charge in [-0.2, -0.15) is 0 Å². The van der Waals surface area contributed by atoms with Crippen molar-refractivity contribution in [3.8, 4) is 5.75 Å². The van der Waals surface area contributed by atoms with Gasteiger partial charge in [0.05, 0.1) is 17.2 Å². The molecular formula is C20H25N3O3S. The molecule has 0 aliphatic heterocycles. The number of benzene rings is 1. The van der Waals surface area contributed by atoms with Crippen LogP contribution in [0.1, 0.15) is 30.1 Å². The highest BCUT2D eigenvalue weighted by molar-refractivity contribution is 7.09. The van der Waals surface area contributed by atoms with Crippen molar-refractivity contribution in [2.75, 3.05) is 19.6 Å². The molecule has 7 heteroatoms. The number of nitrogens with one attached hydrogen (secondary N) is 1. The molecule has 0 unspecified atom stereocenters. The number of hydrogen-bond acceptors (Lipinski definition) is 5. The van der Waals surface area contributed by atoms with Crippen molar-refractivity contribution >= 4 is 29.2 Å². The SMILES string of the molecule is CCN(CC)C(=O)CNC(=O)/C=C/c1ccccc1OCc1csc(C)n1. The Labute approximate surface area is 163 Å². The van der Waals surface area contributed by atoms with Crippen molar-refractivity contribution < 1.29 is 14.3 Å². The number of aromatic nitrogens is 1. The number of rotatable bonds is 9. The molecule has 0 bridgehead atoms. The third kappa shape index (κ3) is 6.53. The molecule has 2 rings (SSSR count).